The fraction of sp³-hybridized carbons (Fsp3) is 0.529. The molecule has 2 amide bonds. The lowest BCUT2D eigenvalue weighted by Gasteiger charge is -2.15. The topological polar surface area (TPSA) is 79.5 Å². The lowest BCUT2D eigenvalue weighted by atomic mass is 10.1. The number of carbonyl (C=O) groups is 2. The fourth-order valence-electron chi connectivity index (χ4n) is 2.12. The van der Waals surface area contributed by atoms with Gasteiger partial charge in [-0.05, 0) is 45.0 Å². The van der Waals surface area contributed by atoms with Crippen molar-refractivity contribution in [3.8, 4) is 5.75 Å². The number of rotatable bonds is 10. The monoisotopic (exact) mass is 321 g/mol. The molecule has 3 N–H and O–H groups in total. The summed E-state index contributed by atoms with van der Waals surface area (Å²) in [5, 5.41) is 8.48. The first-order chi connectivity index (χ1) is 11.1. The van der Waals surface area contributed by atoms with Crippen LogP contribution < -0.4 is 20.7 Å². The Labute approximate surface area is 138 Å². The van der Waals surface area contributed by atoms with Gasteiger partial charge in [-0.15, -0.1) is 0 Å². The maximum atomic E-state index is 11.9. The van der Waals surface area contributed by atoms with E-state index in [0.29, 0.717) is 32.5 Å². The molecule has 0 saturated heterocycles. The zero-order chi connectivity index (χ0) is 17.1. The summed E-state index contributed by atoms with van der Waals surface area (Å²) in [6.07, 6.45) is 1.01. The molecule has 0 aliphatic rings. The molecule has 1 atom stereocenters. The van der Waals surface area contributed by atoms with Crippen LogP contribution in [0.3, 0.4) is 0 Å². The van der Waals surface area contributed by atoms with Crippen molar-refractivity contribution in [2.45, 2.75) is 32.7 Å². The van der Waals surface area contributed by atoms with E-state index < -0.39 is 0 Å². The van der Waals surface area contributed by atoms with Crippen LogP contribution in [0.25, 0.3) is 0 Å². The van der Waals surface area contributed by atoms with Crippen molar-refractivity contribution in [1.29, 1.82) is 0 Å². The predicted octanol–water partition coefficient (Wildman–Crippen LogP) is 1.38. The van der Waals surface area contributed by atoms with E-state index in [2.05, 4.69) is 16.0 Å². The van der Waals surface area contributed by atoms with E-state index in [0.717, 1.165) is 11.3 Å². The molecule has 0 fully saturated rings. The number of ether oxygens (including phenoxy) is 1. The highest BCUT2D eigenvalue weighted by atomic mass is 16.5. The van der Waals surface area contributed by atoms with E-state index in [-0.39, 0.29) is 17.9 Å². The smallest absolute Gasteiger partial charge is 0.233 e. The number of nitrogens with one attached hydrogen (secondary N) is 3. The molecule has 1 aromatic rings. The minimum absolute atomic E-state index is 0.0192. The third kappa shape index (κ3) is 7.65. The molecule has 23 heavy (non-hydrogen) atoms. The van der Waals surface area contributed by atoms with Gasteiger partial charge in [0.05, 0.1) is 19.2 Å². The van der Waals surface area contributed by atoms with Gasteiger partial charge < -0.3 is 20.7 Å². The van der Waals surface area contributed by atoms with E-state index >= 15 is 0 Å². The summed E-state index contributed by atoms with van der Waals surface area (Å²) in [7, 11) is 1.72. The molecule has 6 nitrogen and oxygen atoms in total. The van der Waals surface area contributed by atoms with Crippen molar-refractivity contribution in [2.24, 2.45) is 0 Å². The van der Waals surface area contributed by atoms with Crippen molar-refractivity contribution in [1.82, 2.24) is 16.0 Å². The Kier molecular flexibility index (Phi) is 8.75. The molecular formula is C17H27N3O3. The minimum atomic E-state index is -0.0596. The SMILES string of the molecule is CCOc1ccc(C(C)NC(=O)CCCNC(=O)CNC)cc1. The van der Waals surface area contributed by atoms with Gasteiger partial charge in [-0.1, -0.05) is 12.1 Å². The molecule has 0 heterocycles. The Morgan fingerprint density at radius 1 is 1.17 bits per heavy atom. The average molecular weight is 321 g/mol. The van der Waals surface area contributed by atoms with Crippen molar-refractivity contribution in [3.63, 3.8) is 0 Å². The fourth-order valence-corrected chi connectivity index (χ4v) is 2.12. The number of benzene rings is 1. The molecule has 0 spiro atoms. The van der Waals surface area contributed by atoms with Crippen LogP contribution in [0.1, 0.15) is 38.3 Å². The summed E-state index contributed by atoms with van der Waals surface area (Å²) >= 11 is 0. The summed E-state index contributed by atoms with van der Waals surface area (Å²) in [4.78, 5) is 23.1. The van der Waals surface area contributed by atoms with Gasteiger partial charge in [0.25, 0.3) is 0 Å². The van der Waals surface area contributed by atoms with Crippen LogP contribution in [0.4, 0.5) is 0 Å². The maximum absolute atomic E-state index is 11.9. The Hall–Kier alpha value is -2.08. The Bertz CT molecular complexity index is 488. The number of amides is 2. The van der Waals surface area contributed by atoms with E-state index in [1.165, 1.54) is 0 Å². The van der Waals surface area contributed by atoms with E-state index in [9.17, 15) is 9.59 Å². The molecule has 1 unspecified atom stereocenters. The van der Waals surface area contributed by atoms with Crippen LogP contribution in [0.15, 0.2) is 24.3 Å². The molecule has 0 aromatic heterocycles. The summed E-state index contributed by atoms with van der Waals surface area (Å²) < 4.78 is 5.40. The number of likely N-dealkylation sites (N-methyl/N-ethyl adjacent to an activating group) is 1. The number of hydrogen-bond donors (Lipinski definition) is 3. The summed E-state index contributed by atoms with van der Waals surface area (Å²) in [6, 6.07) is 7.65. The van der Waals surface area contributed by atoms with Gasteiger partial charge in [-0.2, -0.15) is 0 Å². The molecule has 128 valence electrons. The number of hydrogen-bond acceptors (Lipinski definition) is 4. The Balaban J connectivity index is 2.29. The van der Waals surface area contributed by atoms with E-state index in [1.807, 2.05) is 38.1 Å². The van der Waals surface area contributed by atoms with Gasteiger partial charge in [0.1, 0.15) is 5.75 Å². The third-order valence-corrected chi connectivity index (χ3v) is 3.31. The largest absolute Gasteiger partial charge is 0.494 e. The normalized spacial score (nSPS) is 11.6. The van der Waals surface area contributed by atoms with Crippen LogP contribution in [0, 0.1) is 0 Å². The molecule has 0 radical (unpaired) electrons. The zero-order valence-corrected chi connectivity index (χ0v) is 14.1. The average Bonchev–Trinajstić information content (AvgIpc) is 2.53. The van der Waals surface area contributed by atoms with E-state index in [1.54, 1.807) is 7.05 Å². The third-order valence-electron chi connectivity index (χ3n) is 3.31. The summed E-state index contributed by atoms with van der Waals surface area (Å²) in [5.74, 6) is 0.747. The molecule has 1 rings (SSSR count). The van der Waals surface area contributed by atoms with Gasteiger partial charge in [-0.3, -0.25) is 9.59 Å². The highest BCUT2D eigenvalue weighted by Gasteiger charge is 2.09. The standard InChI is InChI=1S/C17H27N3O3/c1-4-23-15-9-7-14(8-10-15)13(2)20-16(21)6-5-11-19-17(22)12-18-3/h7-10,13,18H,4-6,11-12H2,1-3H3,(H,19,22)(H,20,21). The predicted molar refractivity (Wildman–Crippen MR) is 90.3 cm³/mol. The second-order valence-corrected chi connectivity index (χ2v) is 5.28. The first-order valence-electron chi connectivity index (χ1n) is 8.00. The summed E-state index contributed by atoms with van der Waals surface area (Å²) in [5.41, 5.74) is 1.03. The van der Waals surface area contributed by atoms with Crippen molar-refractivity contribution < 1.29 is 14.3 Å². The van der Waals surface area contributed by atoms with Crippen LogP contribution in [-0.4, -0.2) is 38.6 Å². The molecule has 0 bridgehead atoms. The van der Waals surface area contributed by atoms with Crippen LogP contribution >= 0.6 is 0 Å². The van der Waals surface area contributed by atoms with E-state index in [4.69, 9.17) is 4.74 Å². The lowest BCUT2D eigenvalue weighted by molar-refractivity contribution is -0.123. The molecule has 0 aliphatic carbocycles. The van der Waals surface area contributed by atoms with Crippen molar-refractivity contribution >= 4 is 11.8 Å². The summed E-state index contributed by atoms with van der Waals surface area (Å²) in [6.45, 7) is 5.32. The second kappa shape index (κ2) is 10.6. The van der Waals surface area contributed by atoms with Gasteiger partial charge in [0.15, 0.2) is 0 Å². The number of carbonyl (C=O) groups excluding carboxylic acids is 2. The van der Waals surface area contributed by atoms with Crippen LogP contribution in [-0.2, 0) is 9.59 Å². The minimum Gasteiger partial charge on any atom is -0.494 e. The Morgan fingerprint density at radius 3 is 2.48 bits per heavy atom. The van der Waals surface area contributed by atoms with Crippen molar-refractivity contribution in [3.05, 3.63) is 29.8 Å². The van der Waals surface area contributed by atoms with Gasteiger partial charge in [0.2, 0.25) is 11.8 Å². The molecule has 0 aliphatic heterocycles. The quantitative estimate of drug-likeness (QED) is 0.569. The first kappa shape index (κ1) is 19.0. The highest BCUT2D eigenvalue weighted by molar-refractivity contribution is 5.78. The first-order valence-corrected chi connectivity index (χ1v) is 8.00. The van der Waals surface area contributed by atoms with Gasteiger partial charge in [0, 0.05) is 13.0 Å². The van der Waals surface area contributed by atoms with Gasteiger partial charge >= 0.3 is 0 Å². The molecular weight excluding hydrogens is 294 g/mol. The van der Waals surface area contributed by atoms with Crippen molar-refractivity contribution in [2.75, 3.05) is 26.7 Å². The second-order valence-electron chi connectivity index (χ2n) is 5.28. The molecule has 1 aromatic carbocycles. The molecule has 6 heteroatoms. The van der Waals surface area contributed by atoms with Crippen LogP contribution in [0.2, 0.25) is 0 Å². The molecule has 0 saturated carbocycles. The lowest BCUT2D eigenvalue weighted by Crippen LogP contribution is -2.33. The van der Waals surface area contributed by atoms with Gasteiger partial charge in [-0.25, -0.2) is 0 Å². The zero-order valence-electron chi connectivity index (χ0n) is 14.1. The maximum Gasteiger partial charge on any atom is 0.233 e. The van der Waals surface area contributed by atoms with Crippen LogP contribution in [0.5, 0.6) is 5.75 Å². The highest BCUT2D eigenvalue weighted by Crippen LogP contribution is 2.17. The Morgan fingerprint density at radius 2 is 1.87 bits per heavy atom.